The van der Waals surface area contributed by atoms with Gasteiger partial charge in [0.15, 0.2) is 5.76 Å². The second-order valence-electron chi connectivity index (χ2n) is 6.16. The van der Waals surface area contributed by atoms with Crippen molar-refractivity contribution in [1.29, 1.82) is 0 Å². The molecule has 0 bridgehead atoms. The summed E-state index contributed by atoms with van der Waals surface area (Å²) in [6, 6.07) is 15.0. The van der Waals surface area contributed by atoms with Gasteiger partial charge in [0.05, 0.1) is 7.11 Å². The fourth-order valence-electron chi connectivity index (χ4n) is 2.91. The number of benzene rings is 2. The average molecular weight is 381 g/mol. The van der Waals surface area contributed by atoms with Gasteiger partial charge in [-0.25, -0.2) is 9.69 Å². The number of hydrogen-bond donors (Lipinski definition) is 1. The molecule has 1 aliphatic rings. The third kappa shape index (κ3) is 4.20. The molecule has 0 unspecified atom stereocenters. The van der Waals surface area contributed by atoms with Gasteiger partial charge < -0.3 is 14.6 Å². The minimum Gasteiger partial charge on any atom is -0.496 e. The van der Waals surface area contributed by atoms with Crippen LogP contribution in [0.3, 0.4) is 0 Å². The fraction of sp³-hybridized carbons (Fsp3) is 0.190. The lowest BCUT2D eigenvalue weighted by molar-refractivity contribution is -0.137. The number of amides is 2. The molecule has 1 saturated heterocycles. The van der Waals surface area contributed by atoms with E-state index in [-0.39, 0.29) is 25.1 Å². The van der Waals surface area contributed by atoms with Crippen molar-refractivity contribution in [2.45, 2.75) is 12.8 Å². The Balaban J connectivity index is 1.81. The van der Waals surface area contributed by atoms with Crippen molar-refractivity contribution in [3.8, 4) is 16.9 Å². The van der Waals surface area contributed by atoms with E-state index in [0.717, 1.165) is 21.8 Å². The number of hydrogen-bond acceptors (Lipinski definition) is 5. The van der Waals surface area contributed by atoms with E-state index in [9.17, 15) is 14.4 Å². The first kappa shape index (κ1) is 19.2. The lowest BCUT2D eigenvalue weighted by atomic mass is 10.0. The monoisotopic (exact) mass is 381 g/mol. The Labute approximate surface area is 161 Å². The zero-order valence-corrected chi connectivity index (χ0v) is 15.3. The van der Waals surface area contributed by atoms with Crippen molar-refractivity contribution in [3.63, 3.8) is 0 Å². The lowest BCUT2D eigenvalue weighted by Crippen LogP contribution is -2.30. The van der Waals surface area contributed by atoms with Crippen molar-refractivity contribution in [2.75, 3.05) is 13.7 Å². The number of para-hydroxylation sites is 1. The Hall–Kier alpha value is -3.61. The van der Waals surface area contributed by atoms with Crippen LogP contribution in [0, 0.1) is 0 Å². The van der Waals surface area contributed by atoms with Gasteiger partial charge in [-0.2, -0.15) is 0 Å². The van der Waals surface area contributed by atoms with Crippen LogP contribution in [0.25, 0.3) is 17.2 Å². The fourth-order valence-corrected chi connectivity index (χ4v) is 2.91. The quantitative estimate of drug-likeness (QED) is 0.738. The Kier molecular flexibility index (Phi) is 5.74. The molecule has 3 rings (SSSR count). The molecule has 0 aliphatic carbocycles. The van der Waals surface area contributed by atoms with E-state index in [4.69, 9.17) is 14.6 Å². The van der Waals surface area contributed by atoms with Gasteiger partial charge in [0.1, 0.15) is 5.75 Å². The second kappa shape index (κ2) is 8.39. The Bertz CT molecular complexity index is 949. The molecule has 1 aliphatic heterocycles. The van der Waals surface area contributed by atoms with Crippen molar-refractivity contribution in [1.82, 2.24) is 4.90 Å². The maximum atomic E-state index is 12.4. The topological polar surface area (TPSA) is 93.1 Å². The van der Waals surface area contributed by atoms with E-state index in [0.29, 0.717) is 5.56 Å². The SMILES string of the molecule is COc1ccccc1-c1cccc(C=C2OC(=O)N(CCCC(=O)O)C2=O)c1. The van der Waals surface area contributed by atoms with Crippen LogP contribution in [0.15, 0.2) is 54.3 Å². The Morgan fingerprint density at radius 1 is 1.18 bits per heavy atom. The smallest absolute Gasteiger partial charge is 0.422 e. The summed E-state index contributed by atoms with van der Waals surface area (Å²) in [6.07, 6.45) is 0.752. The van der Waals surface area contributed by atoms with Crippen LogP contribution in [0.4, 0.5) is 4.79 Å². The number of imide groups is 1. The molecule has 2 aromatic carbocycles. The molecule has 1 heterocycles. The number of carbonyl (C=O) groups is 3. The summed E-state index contributed by atoms with van der Waals surface area (Å²) < 4.78 is 10.4. The normalized spacial score (nSPS) is 15.0. The molecule has 0 spiro atoms. The number of aliphatic carboxylic acids is 1. The van der Waals surface area contributed by atoms with Gasteiger partial charge in [0.25, 0.3) is 5.91 Å². The minimum absolute atomic E-state index is 0.00254. The molecule has 2 amide bonds. The van der Waals surface area contributed by atoms with Gasteiger partial charge in [-0.05, 0) is 35.8 Å². The third-order valence-electron chi connectivity index (χ3n) is 4.25. The molecular formula is C21H19NO6. The number of ether oxygens (including phenoxy) is 2. The Morgan fingerprint density at radius 2 is 1.96 bits per heavy atom. The number of carboxylic acid groups (broad SMARTS) is 1. The highest BCUT2D eigenvalue weighted by Gasteiger charge is 2.36. The van der Waals surface area contributed by atoms with Crippen molar-refractivity contribution in [2.24, 2.45) is 0 Å². The minimum atomic E-state index is -0.982. The van der Waals surface area contributed by atoms with Crippen molar-refractivity contribution >= 4 is 24.0 Å². The largest absolute Gasteiger partial charge is 0.496 e. The predicted octanol–water partition coefficient (Wildman–Crippen LogP) is 3.55. The van der Waals surface area contributed by atoms with Gasteiger partial charge in [-0.1, -0.05) is 36.4 Å². The average Bonchev–Trinajstić information content (AvgIpc) is 2.95. The van der Waals surface area contributed by atoms with Gasteiger partial charge in [-0.15, -0.1) is 0 Å². The maximum Gasteiger partial charge on any atom is 0.422 e. The standard InChI is InChI=1S/C21H19NO6/c1-27-17-9-3-2-8-16(17)15-7-4-6-14(12-15)13-18-20(25)22(21(26)28-18)11-5-10-19(23)24/h2-4,6-9,12-13H,5,10-11H2,1H3,(H,23,24). The molecular weight excluding hydrogens is 362 g/mol. The van der Waals surface area contributed by atoms with Crippen LogP contribution in [-0.2, 0) is 14.3 Å². The number of nitrogens with zero attached hydrogens (tertiary/aromatic N) is 1. The summed E-state index contributed by atoms with van der Waals surface area (Å²) in [7, 11) is 1.60. The number of carboxylic acids is 1. The van der Waals surface area contributed by atoms with Crippen molar-refractivity contribution in [3.05, 3.63) is 59.9 Å². The first-order valence-electron chi connectivity index (χ1n) is 8.70. The van der Waals surface area contributed by atoms with E-state index in [1.165, 1.54) is 6.08 Å². The van der Waals surface area contributed by atoms with E-state index >= 15 is 0 Å². The summed E-state index contributed by atoms with van der Waals surface area (Å²) in [4.78, 5) is 35.8. The molecule has 2 aromatic rings. The zero-order chi connectivity index (χ0) is 20.1. The first-order chi connectivity index (χ1) is 13.5. The van der Waals surface area contributed by atoms with E-state index < -0.39 is 18.0 Å². The molecule has 7 heteroatoms. The van der Waals surface area contributed by atoms with Crippen LogP contribution in [-0.4, -0.2) is 41.6 Å². The van der Waals surface area contributed by atoms with E-state index in [1.54, 1.807) is 13.2 Å². The molecule has 28 heavy (non-hydrogen) atoms. The number of methoxy groups -OCH3 is 1. The van der Waals surface area contributed by atoms with Crippen LogP contribution < -0.4 is 4.74 Å². The molecule has 0 atom stereocenters. The highest BCUT2D eigenvalue weighted by atomic mass is 16.6. The first-order valence-corrected chi connectivity index (χ1v) is 8.70. The van der Waals surface area contributed by atoms with Crippen LogP contribution >= 0.6 is 0 Å². The molecule has 1 fully saturated rings. The van der Waals surface area contributed by atoms with Gasteiger partial charge in [0, 0.05) is 18.5 Å². The molecule has 1 N–H and O–H groups in total. The summed E-state index contributed by atoms with van der Waals surface area (Å²) >= 11 is 0. The van der Waals surface area contributed by atoms with Gasteiger partial charge in [-0.3, -0.25) is 9.59 Å². The number of rotatable bonds is 7. The summed E-state index contributed by atoms with van der Waals surface area (Å²) in [6.45, 7) is 0.00254. The third-order valence-corrected chi connectivity index (χ3v) is 4.25. The van der Waals surface area contributed by atoms with E-state index in [1.807, 2.05) is 42.5 Å². The summed E-state index contributed by atoms with van der Waals surface area (Å²) in [5.41, 5.74) is 2.48. The second-order valence-corrected chi connectivity index (χ2v) is 6.16. The van der Waals surface area contributed by atoms with Crippen LogP contribution in [0.5, 0.6) is 5.75 Å². The highest BCUT2D eigenvalue weighted by Crippen LogP contribution is 2.30. The lowest BCUT2D eigenvalue weighted by Gasteiger charge is -2.09. The zero-order valence-electron chi connectivity index (χ0n) is 15.3. The van der Waals surface area contributed by atoms with Gasteiger partial charge >= 0.3 is 12.1 Å². The molecule has 0 radical (unpaired) electrons. The van der Waals surface area contributed by atoms with Gasteiger partial charge in [0.2, 0.25) is 0 Å². The Morgan fingerprint density at radius 3 is 2.71 bits per heavy atom. The highest BCUT2D eigenvalue weighted by molar-refractivity contribution is 6.10. The summed E-state index contributed by atoms with van der Waals surface area (Å²) in [5, 5.41) is 8.68. The van der Waals surface area contributed by atoms with Crippen molar-refractivity contribution < 1.29 is 29.0 Å². The maximum absolute atomic E-state index is 12.4. The summed E-state index contributed by atoms with van der Waals surface area (Å²) in [5.74, 6) is -0.917. The number of cyclic esters (lactones) is 1. The van der Waals surface area contributed by atoms with Crippen LogP contribution in [0.1, 0.15) is 18.4 Å². The molecule has 7 nitrogen and oxygen atoms in total. The predicted molar refractivity (Wildman–Crippen MR) is 101 cm³/mol. The van der Waals surface area contributed by atoms with E-state index in [2.05, 4.69) is 0 Å². The van der Waals surface area contributed by atoms with Crippen LogP contribution in [0.2, 0.25) is 0 Å². The number of carbonyl (C=O) groups excluding carboxylic acids is 2. The molecule has 0 saturated carbocycles. The molecule has 0 aromatic heterocycles. The molecule has 144 valence electrons.